The largest absolute Gasteiger partial charge is 0.434 e. The molecule has 2 atom stereocenters. The number of benzene rings is 2. The Morgan fingerprint density at radius 1 is 0.839 bits per heavy atom. The molecule has 0 saturated carbocycles. The van der Waals surface area contributed by atoms with Crippen LogP contribution in [-0.4, -0.2) is 58.9 Å². The third-order valence-corrected chi connectivity index (χ3v) is 6.49. The summed E-state index contributed by atoms with van der Waals surface area (Å²) in [6, 6.07) is 18.9. The maximum Gasteiger partial charge on any atom is 0.434 e. The number of likely N-dealkylation sites (tertiary alicyclic amines) is 2. The molecule has 3 aliphatic heterocycles. The van der Waals surface area contributed by atoms with Gasteiger partial charge in [-0.25, -0.2) is 4.79 Å². The highest BCUT2D eigenvalue weighted by Gasteiger charge is 2.43. The smallest absolute Gasteiger partial charge is 0.311 e. The van der Waals surface area contributed by atoms with Crippen LogP contribution in [0, 0.1) is 11.8 Å². The molecule has 3 fully saturated rings. The Morgan fingerprint density at radius 2 is 1.45 bits per heavy atom. The molecule has 0 spiro atoms. The molecule has 2 aromatic carbocycles. The summed E-state index contributed by atoms with van der Waals surface area (Å²) < 4.78 is 0. The fourth-order valence-electron chi connectivity index (χ4n) is 4.96. The lowest BCUT2D eigenvalue weighted by Crippen LogP contribution is -2.40. The Bertz CT molecular complexity index is 979. The third-order valence-electron chi connectivity index (χ3n) is 6.49. The first-order valence-corrected chi connectivity index (χ1v) is 10.8. The van der Waals surface area contributed by atoms with Crippen molar-refractivity contribution in [3.8, 4) is 11.1 Å². The molecule has 160 valence electrons. The van der Waals surface area contributed by atoms with Crippen LogP contribution in [0.3, 0.4) is 0 Å². The maximum absolute atomic E-state index is 12.4. The first kappa shape index (κ1) is 19.8. The zero-order valence-electron chi connectivity index (χ0n) is 17.3. The van der Waals surface area contributed by atoms with E-state index in [0.717, 1.165) is 19.6 Å². The summed E-state index contributed by atoms with van der Waals surface area (Å²) in [5, 5.41) is 0.628. The Hall–Kier alpha value is -3.19. The average molecular weight is 419 g/mol. The van der Waals surface area contributed by atoms with Gasteiger partial charge >= 0.3 is 6.09 Å². The molecule has 0 aliphatic carbocycles. The summed E-state index contributed by atoms with van der Waals surface area (Å²) in [6.45, 7) is 3.89. The highest BCUT2D eigenvalue weighted by molar-refractivity contribution is 6.01. The van der Waals surface area contributed by atoms with Gasteiger partial charge in [0.25, 0.3) is 11.8 Å². The van der Waals surface area contributed by atoms with Crippen LogP contribution >= 0.6 is 0 Å². The Morgan fingerprint density at radius 3 is 2.13 bits per heavy atom. The molecule has 3 amide bonds. The van der Waals surface area contributed by atoms with Crippen molar-refractivity contribution in [3.63, 3.8) is 0 Å². The van der Waals surface area contributed by atoms with Crippen molar-refractivity contribution >= 4 is 17.9 Å². The van der Waals surface area contributed by atoms with Gasteiger partial charge in [0, 0.05) is 45.6 Å². The number of amides is 3. The molecule has 31 heavy (non-hydrogen) atoms. The van der Waals surface area contributed by atoms with Gasteiger partial charge in [-0.1, -0.05) is 54.6 Å². The van der Waals surface area contributed by atoms with Gasteiger partial charge in [0.2, 0.25) is 0 Å². The van der Waals surface area contributed by atoms with Crippen LogP contribution in [0.4, 0.5) is 4.79 Å². The molecule has 3 saturated heterocycles. The van der Waals surface area contributed by atoms with Crippen LogP contribution in [0.5, 0.6) is 0 Å². The second-order valence-electron chi connectivity index (χ2n) is 8.58. The molecule has 0 aromatic heterocycles. The maximum atomic E-state index is 12.4. The highest BCUT2D eigenvalue weighted by atomic mass is 16.7. The van der Waals surface area contributed by atoms with E-state index in [9.17, 15) is 14.4 Å². The van der Waals surface area contributed by atoms with Gasteiger partial charge in [0.15, 0.2) is 0 Å². The fraction of sp³-hybridized carbons (Fsp3) is 0.375. The van der Waals surface area contributed by atoms with Gasteiger partial charge in [-0.3, -0.25) is 14.5 Å². The van der Waals surface area contributed by atoms with Gasteiger partial charge in [-0.15, -0.1) is 5.06 Å². The number of hydrogen-bond donors (Lipinski definition) is 0. The minimum absolute atomic E-state index is 0.108. The quantitative estimate of drug-likeness (QED) is 0.713. The molecular weight excluding hydrogens is 394 g/mol. The van der Waals surface area contributed by atoms with E-state index in [4.69, 9.17) is 4.84 Å². The predicted molar refractivity (Wildman–Crippen MR) is 113 cm³/mol. The van der Waals surface area contributed by atoms with Crippen LogP contribution in [0.15, 0.2) is 54.6 Å². The number of rotatable bonds is 4. The number of hydrogen-bond acceptors (Lipinski definition) is 5. The first-order chi connectivity index (χ1) is 15.1. The second-order valence-corrected chi connectivity index (χ2v) is 8.58. The van der Waals surface area contributed by atoms with E-state index in [1.165, 1.54) is 16.7 Å². The minimum Gasteiger partial charge on any atom is -0.311 e. The Labute approximate surface area is 181 Å². The molecule has 2 unspecified atom stereocenters. The van der Waals surface area contributed by atoms with Crippen molar-refractivity contribution in [2.24, 2.45) is 11.8 Å². The van der Waals surface area contributed by atoms with Gasteiger partial charge in [0.1, 0.15) is 0 Å². The third kappa shape index (κ3) is 3.93. The number of hydroxylamine groups is 2. The van der Waals surface area contributed by atoms with E-state index in [1.807, 2.05) is 6.07 Å². The number of nitrogens with zero attached hydrogens (tertiary/aromatic N) is 3. The van der Waals surface area contributed by atoms with Gasteiger partial charge in [-0.05, 0) is 28.5 Å². The van der Waals surface area contributed by atoms with Crippen molar-refractivity contribution < 1.29 is 19.2 Å². The summed E-state index contributed by atoms with van der Waals surface area (Å²) >= 11 is 0. The lowest BCUT2D eigenvalue weighted by molar-refractivity contribution is -0.173. The van der Waals surface area contributed by atoms with E-state index in [0.29, 0.717) is 30.0 Å². The summed E-state index contributed by atoms with van der Waals surface area (Å²) in [7, 11) is 0. The number of imide groups is 1. The van der Waals surface area contributed by atoms with Crippen molar-refractivity contribution in [1.82, 2.24) is 14.9 Å². The lowest BCUT2D eigenvalue weighted by Gasteiger charge is -2.23. The normalized spacial score (nSPS) is 23.5. The van der Waals surface area contributed by atoms with Gasteiger partial charge in [0.05, 0.1) is 0 Å². The molecule has 0 radical (unpaired) electrons. The number of fused-ring (bicyclic) bond motifs is 1. The van der Waals surface area contributed by atoms with Crippen LogP contribution < -0.4 is 0 Å². The van der Waals surface area contributed by atoms with Crippen LogP contribution in [0.1, 0.15) is 18.4 Å². The summed E-state index contributed by atoms with van der Waals surface area (Å²) in [5.74, 6) is -0.134. The van der Waals surface area contributed by atoms with Crippen molar-refractivity contribution in [1.29, 1.82) is 0 Å². The van der Waals surface area contributed by atoms with E-state index in [2.05, 4.69) is 53.4 Å². The van der Waals surface area contributed by atoms with Gasteiger partial charge in [-0.2, -0.15) is 0 Å². The molecule has 2 aromatic rings. The summed E-state index contributed by atoms with van der Waals surface area (Å²) in [4.78, 5) is 45.0. The molecular formula is C24H25N3O4. The molecule has 3 aliphatic rings. The lowest BCUT2D eigenvalue weighted by atomic mass is 9.99. The average Bonchev–Trinajstić information content (AvgIpc) is 3.44. The molecule has 0 bridgehead atoms. The van der Waals surface area contributed by atoms with Gasteiger partial charge < -0.3 is 9.74 Å². The van der Waals surface area contributed by atoms with E-state index < -0.39 is 17.9 Å². The van der Waals surface area contributed by atoms with E-state index in [-0.39, 0.29) is 12.8 Å². The highest BCUT2D eigenvalue weighted by Crippen LogP contribution is 2.34. The molecule has 0 N–H and O–H groups in total. The van der Waals surface area contributed by atoms with E-state index in [1.54, 1.807) is 4.90 Å². The van der Waals surface area contributed by atoms with Crippen LogP contribution in [0.25, 0.3) is 11.1 Å². The standard InChI is InChI=1S/C24H25N3O4/c28-22-10-11-23(29)27(22)31-24(30)26-15-19-13-25(14-20(19)16-26)12-18-8-4-5-9-21(18)17-6-2-1-3-7-17/h1-9,19-20H,10-16H2. The SMILES string of the molecule is O=C(ON1C(=O)CCC1=O)N1CC2CN(Cc3ccccc3-c3ccccc3)CC2C1. The monoisotopic (exact) mass is 419 g/mol. The minimum atomic E-state index is -0.598. The van der Waals surface area contributed by atoms with E-state index >= 15 is 0 Å². The molecule has 7 heteroatoms. The Balaban J connectivity index is 1.19. The van der Waals surface area contributed by atoms with Crippen LogP contribution in [-0.2, 0) is 21.0 Å². The first-order valence-electron chi connectivity index (χ1n) is 10.8. The van der Waals surface area contributed by atoms with Crippen LogP contribution in [0.2, 0.25) is 0 Å². The topological polar surface area (TPSA) is 70.2 Å². The van der Waals surface area contributed by atoms with Crippen molar-refractivity contribution in [2.75, 3.05) is 26.2 Å². The molecule has 3 heterocycles. The second kappa shape index (κ2) is 8.15. The zero-order valence-corrected chi connectivity index (χ0v) is 17.3. The van der Waals surface area contributed by atoms with Crippen molar-refractivity contribution in [3.05, 3.63) is 60.2 Å². The molecule has 5 rings (SSSR count). The summed E-state index contributed by atoms with van der Waals surface area (Å²) in [5.41, 5.74) is 3.78. The number of carbonyl (C=O) groups is 3. The van der Waals surface area contributed by atoms with Crippen molar-refractivity contribution in [2.45, 2.75) is 19.4 Å². The Kier molecular flexibility index (Phi) is 5.19. The number of carbonyl (C=O) groups excluding carboxylic acids is 3. The fourth-order valence-corrected chi connectivity index (χ4v) is 4.96. The molecule has 7 nitrogen and oxygen atoms in total. The predicted octanol–water partition coefficient (Wildman–Crippen LogP) is 2.92. The zero-order chi connectivity index (χ0) is 21.4. The summed E-state index contributed by atoms with van der Waals surface area (Å²) in [6.07, 6.45) is -0.382.